The average molecular weight is 451 g/mol. The second-order valence-corrected chi connectivity index (χ2v) is 10.3. The van der Waals surface area contributed by atoms with E-state index in [-0.39, 0.29) is 36.4 Å². The molecule has 0 aromatic heterocycles. The number of fused-ring (bicyclic) bond motifs is 2. The van der Waals surface area contributed by atoms with E-state index in [0.29, 0.717) is 25.0 Å². The largest absolute Gasteiger partial charge is 0.465 e. The van der Waals surface area contributed by atoms with Crippen LogP contribution in [0.5, 0.6) is 0 Å². The molecule has 2 saturated carbocycles. The van der Waals surface area contributed by atoms with Gasteiger partial charge in [-0.15, -0.1) is 0 Å². The predicted octanol–water partition coefficient (Wildman–Crippen LogP) is 2.32. The molecule has 1 saturated heterocycles. The van der Waals surface area contributed by atoms with E-state index in [1.54, 1.807) is 0 Å². The summed E-state index contributed by atoms with van der Waals surface area (Å²) in [6.07, 6.45) is 3.80. The molecule has 1 spiro atoms. The van der Waals surface area contributed by atoms with Gasteiger partial charge in [0.25, 0.3) is 0 Å². The van der Waals surface area contributed by atoms with Gasteiger partial charge < -0.3 is 24.1 Å². The highest BCUT2D eigenvalue weighted by Gasteiger charge is 2.74. The summed E-state index contributed by atoms with van der Waals surface area (Å²) in [5, 5.41) is 11.4. The van der Waals surface area contributed by atoms with Crippen molar-refractivity contribution in [2.24, 2.45) is 22.7 Å². The number of esters is 3. The maximum atomic E-state index is 11.9. The molecule has 2 aliphatic carbocycles. The molecular formula is C24H34O8. The van der Waals surface area contributed by atoms with Gasteiger partial charge in [-0.3, -0.25) is 9.59 Å². The lowest BCUT2D eigenvalue weighted by atomic mass is 9.43. The molecule has 0 bridgehead atoms. The maximum Gasteiger partial charge on any atom is 0.331 e. The first-order chi connectivity index (χ1) is 15.0. The molecule has 4 rings (SSSR count). The summed E-state index contributed by atoms with van der Waals surface area (Å²) in [5.74, 6) is -1.13. The fraction of sp³-hybridized carbons (Fsp3) is 0.792. The van der Waals surface area contributed by atoms with Crippen molar-refractivity contribution in [2.75, 3.05) is 19.8 Å². The monoisotopic (exact) mass is 450 g/mol. The second-order valence-electron chi connectivity index (χ2n) is 10.3. The molecule has 0 aromatic carbocycles. The average Bonchev–Trinajstić information content (AvgIpc) is 3.35. The Morgan fingerprint density at radius 2 is 2.03 bits per heavy atom. The number of hydrogen-bond acceptors (Lipinski definition) is 8. The van der Waals surface area contributed by atoms with Crippen LogP contribution in [-0.4, -0.2) is 60.6 Å². The Morgan fingerprint density at radius 3 is 2.59 bits per heavy atom. The SMILES string of the molecule is CC(=O)OC[C@@]12[C@H](CCC[C@]13CO3)[C@@](C)(C[C@H](OC(C)=O)C1=CC(=O)OC1)[C@H](C)C[C@@H]2O. The van der Waals surface area contributed by atoms with Crippen molar-refractivity contribution >= 4 is 17.9 Å². The molecule has 0 aromatic rings. The smallest absolute Gasteiger partial charge is 0.331 e. The Hall–Kier alpha value is -1.93. The van der Waals surface area contributed by atoms with Gasteiger partial charge in [0.15, 0.2) is 0 Å². The zero-order valence-electron chi connectivity index (χ0n) is 19.3. The fourth-order valence-electron chi connectivity index (χ4n) is 6.83. The molecule has 7 atom stereocenters. The summed E-state index contributed by atoms with van der Waals surface area (Å²) in [5.41, 5.74) is -0.904. The molecule has 0 unspecified atom stereocenters. The number of aliphatic hydroxyl groups excluding tert-OH is 1. The van der Waals surface area contributed by atoms with Crippen LogP contribution < -0.4 is 0 Å². The van der Waals surface area contributed by atoms with Crippen LogP contribution >= 0.6 is 0 Å². The van der Waals surface area contributed by atoms with Crippen LogP contribution in [0.1, 0.15) is 59.8 Å². The van der Waals surface area contributed by atoms with Crippen LogP contribution in [0.4, 0.5) is 0 Å². The van der Waals surface area contributed by atoms with Crippen molar-refractivity contribution in [1.82, 2.24) is 0 Å². The summed E-state index contributed by atoms with van der Waals surface area (Å²) in [4.78, 5) is 35.4. The molecule has 2 heterocycles. The maximum absolute atomic E-state index is 11.9. The summed E-state index contributed by atoms with van der Waals surface area (Å²) < 4.78 is 22.3. The number of aliphatic hydroxyl groups is 1. The summed E-state index contributed by atoms with van der Waals surface area (Å²) in [6, 6.07) is 0. The van der Waals surface area contributed by atoms with Gasteiger partial charge in [-0.25, -0.2) is 4.79 Å². The van der Waals surface area contributed by atoms with E-state index in [4.69, 9.17) is 18.9 Å². The second kappa shape index (κ2) is 8.13. The topological polar surface area (TPSA) is 112 Å². The minimum absolute atomic E-state index is 0.0129. The first kappa shape index (κ1) is 23.2. The van der Waals surface area contributed by atoms with Gasteiger partial charge in [-0.05, 0) is 42.9 Å². The number of hydrogen-bond donors (Lipinski definition) is 1. The van der Waals surface area contributed by atoms with Gasteiger partial charge >= 0.3 is 17.9 Å². The van der Waals surface area contributed by atoms with Gasteiger partial charge in [0, 0.05) is 25.5 Å². The number of epoxide rings is 1. The first-order valence-corrected chi connectivity index (χ1v) is 11.5. The zero-order valence-corrected chi connectivity index (χ0v) is 19.3. The standard InChI is InChI=1S/C24H34O8/c1-14-8-20(27)24(13-30-15(2)25)19(6-5-7-23(24)12-31-23)22(14,4)10-18(32-16(3)26)17-9-21(28)29-11-17/h9,14,18-20,27H,5-8,10-13H2,1-4H3/t14-,18+,19-,20+,22+,23+,24+/m1/s1. The van der Waals surface area contributed by atoms with E-state index in [1.807, 2.05) is 0 Å². The molecular weight excluding hydrogens is 416 g/mol. The molecule has 32 heavy (non-hydrogen) atoms. The molecule has 0 radical (unpaired) electrons. The molecule has 178 valence electrons. The summed E-state index contributed by atoms with van der Waals surface area (Å²) in [7, 11) is 0. The Balaban J connectivity index is 1.73. The molecule has 8 nitrogen and oxygen atoms in total. The zero-order chi connectivity index (χ0) is 23.3. The van der Waals surface area contributed by atoms with Crippen molar-refractivity contribution in [3.05, 3.63) is 11.6 Å². The molecule has 2 aliphatic heterocycles. The summed E-state index contributed by atoms with van der Waals surface area (Å²) >= 11 is 0. The minimum Gasteiger partial charge on any atom is -0.465 e. The summed E-state index contributed by atoms with van der Waals surface area (Å²) in [6.45, 7) is 7.80. The first-order valence-electron chi connectivity index (χ1n) is 11.5. The van der Waals surface area contributed by atoms with Crippen LogP contribution in [0.2, 0.25) is 0 Å². The predicted molar refractivity (Wildman–Crippen MR) is 112 cm³/mol. The highest BCUT2D eigenvalue weighted by Crippen LogP contribution is 2.68. The number of cyclic esters (lactones) is 1. The lowest BCUT2D eigenvalue weighted by Gasteiger charge is -2.62. The van der Waals surface area contributed by atoms with Crippen LogP contribution in [0.25, 0.3) is 0 Å². The van der Waals surface area contributed by atoms with Gasteiger partial charge in [0.2, 0.25) is 0 Å². The highest BCUT2D eigenvalue weighted by molar-refractivity contribution is 5.85. The van der Waals surface area contributed by atoms with Crippen LogP contribution in [0, 0.1) is 22.7 Å². The Morgan fingerprint density at radius 1 is 1.31 bits per heavy atom. The van der Waals surface area contributed by atoms with E-state index in [2.05, 4.69) is 13.8 Å². The number of rotatable bonds is 6. The van der Waals surface area contributed by atoms with Gasteiger partial charge in [-0.2, -0.15) is 0 Å². The molecule has 4 aliphatic rings. The van der Waals surface area contributed by atoms with E-state index >= 15 is 0 Å². The van der Waals surface area contributed by atoms with Gasteiger partial charge in [-0.1, -0.05) is 20.3 Å². The van der Waals surface area contributed by atoms with Crippen molar-refractivity contribution in [2.45, 2.75) is 77.6 Å². The van der Waals surface area contributed by atoms with Crippen molar-refractivity contribution in [3.8, 4) is 0 Å². The fourth-order valence-corrected chi connectivity index (χ4v) is 6.83. The molecule has 8 heteroatoms. The third kappa shape index (κ3) is 3.65. The number of carbonyl (C=O) groups excluding carboxylic acids is 3. The van der Waals surface area contributed by atoms with E-state index < -0.39 is 35.2 Å². The van der Waals surface area contributed by atoms with Gasteiger partial charge in [0.05, 0.1) is 18.1 Å². The highest BCUT2D eigenvalue weighted by atomic mass is 16.6. The molecule has 0 amide bonds. The minimum atomic E-state index is -0.713. The van der Waals surface area contributed by atoms with E-state index in [9.17, 15) is 19.5 Å². The van der Waals surface area contributed by atoms with E-state index in [1.165, 1.54) is 19.9 Å². The Bertz CT molecular complexity index is 830. The van der Waals surface area contributed by atoms with Crippen molar-refractivity contribution < 1.29 is 38.4 Å². The van der Waals surface area contributed by atoms with E-state index in [0.717, 1.165) is 19.3 Å². The Labute approximate surface area is 188 Å². The van der Waals surface area contributed by atoms with Gasteiger partial charge in [0.1, 0.15) is 24.9 Å². The van der Waals surface area contributed by atoms with Crippen molar-refractivity contribution in [1.29, 1.82) is 0 Å². The number of ether oxygens (including phenoxy) is 4. The third-order valence-electron chi connectivity index (χ3n) is 8.68. The lowest BCUT2D eigenvalue weighted by molar-refractivity contribution is -0.222. The molecule has 3 fully saturated rings. The number of carbonyl (C=O) groups is 3. The third-order valence-corrected chi connectivity index (χ3v) is 8.68. The van der Waals surface area contributed by atoms with Crippen LogP contribution in [-0.2, 0) is 33.3 Å². The quantitative estimate of drug-likeness (QED) is 0.373. The Kier molecular flexibility index (Phi) is 5.91. The van der Waals surface area contributed by atoms with Crippen LogP contribution in [0.3, 0.4) is 0 Å². The van der Waals surface area contributed by atoms with Crippen molar-refractivity contribution in [3.63, 3.8) is 0 Å². The molecule has 1 N–H and O–H groups in total. The lowest BCUT2D eigenvalue weighted by Crippen LogP contribution is -2.66. The van der Waals surface area contributed by atoms with Crippen LogP contribution in [0.15, 0.2) is 11.6 Å². The normalized spacial score (nSPS) is 41.3.